The maximum atomic E-state index is 10.1. The highest BCUT2D eigenvalue weighted by Gasteiger charge is 2.13. The van der Waals surface area contributed by atoms with Gasteiger partial charge in [0.1, 0.15) is 11.5 Å². The van der Waals surface area contributed by atoms with Crippen LogP contribution in [0.2, 0.25) is 0 Å². The number of hydrogen-bond acceptors (Lipinski definition) is 4. The second-order valence-electron chi connectivity index (χ2n) is 6.09. The molecular formula is C18H24N2O2. The van der Waals surface area contributed by atoms with E-state index in [-0.39, 0.29) is 11.5 Å². The van der Waals surface area contributed by atoms with Crippen LogP contribution < -0.4 is 10.6 Å². The van der Waals surface area contributed by atoms with E-state index in [0.717, 1.165) is 37.1 Å². The largest absolute Gasteiger partial charge is 0.506 e. The first-order chi connectivity index (χ1) is 10.7. The average Bonchev–Trinajstić information content (AvgIpc) is 2.54. The minimum atomic E-state index is 0.0761. The summed E-state index contributed by atoms with van der Waals surface area (Å²) < 4.78 is 0. The van der Waals surface area contributed by atoms with Gasteiger partial charge in [-0.2, -0.15) is 0 Å². The first-order valence-corrected chi connectivity index (χ1v) is 8.20. The summed E-state index contributed by atoms with van der Waals surface area (Å²) in [6.07, 6.45) is 13.4. The molecule has 0 aliphatic heterocycles. The monoisotopic (exact) mass is 300 g/mol. The van der Waals surface area contributed by atoms with E-state index in [2.05, 4.69) is 22.8 Å². The number of hydrogen-bond donors (Lipinski definition) is 4. The zero-order valence-corrected chi connectivity index (χ0v) is 12.9. The highest BCUT2D eigenvalue weighted by Crippen LogP contribution is 2.37. The molecular weight excluding hydrogens is 276 g/mol. The molecule has 2 aliphatic rings. The van der Waals surface area contributed by atoms with Crippen molar-refractivity contribution in [2.45, 2.75) is 51.4 Å². The van der Waals surface area contributed by atoms with E-state index >= 15 is 0 Å². The molecule has 0 amide bonds. The molecule has 4 N–H and O–H groups in total. The molecule has 0 saturated carbocycles. The van der Waals surface area contributed by atoms with E-state index in [1.54, 1.807) is 6.07 Å². The Morgan fingerprint density at radius 1 is 0.682 bits per heavy atom. The Bertz CT molecular complexity index is 556. The van der Waals surface area contributed by atoms with Gasteiger partial charge in [0, 0.05) is 17.5 Å². The second-order valence-corrected chi connectivity index (χ2v) is 6.09. The number of allylic oxidation sites excluding steroid dienone is 4. The van der Waals surface area contributed by atoms with Crippen LogP contribution in [0.4, 0.5) is 11.4 Å². The third kappa shape index (κ3) is 3.56. The predicted molar refractivity (Wildman–Crippen MR) is 90.1 cm³/mol. The Morgan fingerprint density at radius 2 is 1.18 bits per heavy atom. The average molecular weight is 300 g/mol. The van der Waals surface area contributed by atoms with Gasteiger partial charge in [0.25, 0.3) is 0 Å². The summed E-state index contributed by atoms with van der Waals surface area (Å²) in [7, 11) is 0. The van der Waals surface area contributed by atoms with Crippen molar-refractivity contribution < 1.29 is 10.2 Å². The molecule has 3 rings (SSSR count). The van der Waals surface area contributed by atoms with Crippen molar-refractivity contribution in [2.24, 2.45) is 0 Å². The predicted octanol–water partition coefficient (Wildman–Crippen LogP) is 4.84. The van der Waals surface area contributed by atoms with Gasteiger partial charge in [0.05, 0.1) is 11.4 Å². The van der Waals surface area contributed by atoms with Gasteiger partial charge in [-0.05, 0) is 57.4 Å². The Kier molecular flexibility index (Phi) is 4.56. The lowest BCUT2D eigenvalue weighted by molar-refractivity contribution is 0.453. The number of phenolic OH excluding ortho intramolecular Hbond substituents is 2. The Labute approximate surface area is 131 Å². The summed E-state index contributed by atoms with van der Waals surface area (Å²) in [4.78, 5) is 0. The van der Waals surface area contributed by atoms with Crippen LogP contribution in [-0.2, 0) is 0 Å². The van der Waals surface area contributed by atoms with Gasteiger partial charge < -0.3 is 20.8 Å². The summed E-state index contributed by atoms with van der Waals surface area (Å²) in [6.45, 7) is 0. The maximum Gasteiger partial charge on any atom is 0.142 e. The third-order valence-corrected chi connectivity index (χ3v) is 4.29. The van der Waals surface area contributed by atoms with E-state index in [1.807, 2.05) is 0 Å². The normalized spacial score (nSPS) is 18.4. The van der Waals surface area contributed by atoms with Crippen LogP contribution >= 0.6 is 0 Å². The molecule has 1 aromatic rings. The number of phenols is 2. The molecule has 0 spiro atoms. The van der Waals surface area contributed by atoms with Crippen LogP contribution in [0, 0.1) is 0 Å². The number of nitrogens with one attached hydrogen (secondary N) is 2. The second kappa shape index (κ2) is 6.77. The van der Waals surface area contributed by atoms with Gasteiger partial charge in [0.15, 0.2) is 0 Å². The summed E-state index contributed by atoms with van der Waals surface area (Å²) in [5.41, 5.74) is 3.58. The lowest BCUT2D eigenvalue weighted by Gasteiger charge is -2.19. The maximum absolute atomic E-state index is 10.1. The summed E-state index contributed by atoms with van der Waals surface area (Å²) in [5, 5.41) is 26.7. The molecule has 2 aliphatic carbocycles. The minimum Gasteiger partial charge on any atom is -0.506 e. The van der Waals surface area contributed by atoms with Crippen molar-refractivity contribution in [3.8, 4) is 11.5 Å². The van der Waals surface area contributed by atoms with Crippen LogP contribution in [0.25, 0.3) is 0 Å². The summed E-state index contributed by atoms with van der Waals surface area (Å²) in [5.74, 6) is 0.152. The van der Waals surface area contributed by atoms with Crippen molar-refractivity contribution in [3.63, 3.8) is 0 Å². The highest BCUT2D eigenvalue weighted by atomic mass is 16.3. The minimum absolute atomic E-state index is 0.0761. The standard InChI is InChI=1S/C18H24N2O2/c21-17-12-18(22)16(20-14-9-5-2-6-10-14)11-15(17)19-13-7-3-1-4-8-13/h7,9,11-12,19-22H,1-6,8,10H2. The van der Waals surface area contributed by atoms with Gasteiger partial charge in [-0.1, -0.05) is 12.2 Å². The van der Waals surface area contributed by atoms with E-state index < -0.39 is 0 Å². The van der Waals surface area contributed by atoms with Crippen molar-refractivity contribution in [1.29, 1.82) is 0 Å². The number of aromatic hydroxyl groups is 2. The fourth-order valence-corrected chi connectivity index (χ4v) is 3.03. The molecule has 0 fully saturated rings. The molecule has 0 bridgehead atoms. The molecule has 4 heteroatoms. The molecule has 0 saturated heterocycles. The van der Waals surface area contributed by atoms with Gasteiger partial charge in [-0.15, -0.1) is 0 Å². The van der Waals surface area contributed by atoms with Crippen LogP contribution in [0.15, 0.2) is 35.7 Å². The van der Waals surface area contributed by atoms with Crippen LogP contribution in [0.3, 0.4) is 0 Å². The first-order valence-electron chi connectivity index (χ1n) is 8.20. The van der Waals surface area contributed by atoms with E-state index in [0.29, 0.717) is 11.4 Å². The van der Waals surface area contributed by atoms with Gasteiger partial charge in [-0.25, -0.2) is 0 Å². The topological polar surface area (TPSA) is 64.5 Å². The Balaban J connectivity index is 1.79. The van der Waals surface area contributed by atoms with Gasteiger partial charge in [0.2, 0.25) is 0 Å². The molecule has 22 heavy (non-hydrogen) atoms. The number of rotatable bonds is 4. The molecule has 118 valence electrons. The number of benzene rings is 1. The fraction of sp³-hybridized carbons (Fsp3) is 0.444. The van der Waals surface area contributed by atoms with E-state index in [4.69, 9.17) is 0 Å². The Morgan fingerprint density at radius 3 is 1.59 bits per heavy atom. The molecule has 4 nitrogen and oxygen atoms in total. The molecule has 0 atom stereocenters. The molecule has 1 aromatic carbocycles. The lowest BCUT2D eigenvalue weighted by atomic mass is 10.0. The van der Waals surface area contributed by atoms with Crippen molar-refractivity contribution in [3.05, 3.63) is 35.7 Å². The SMILES string of the molecule is Oc1cc(O)c(NC2=CCCCC2)cc1NC1=CCCCC1. The van der Waals surface area contributed by atoms with Crippen molar-refractivity contribution in [2.75, 3.05) is 10.6 Å². The van der Waals surface area contributed by atoms with Gasteiger partial charge in [-0.3, -0.25) is 0 Å². The molecule has 0 radical (unpaired) electrons. The van der Waals surface area contributed by atoms with Gasteiger partial charge >= 0.3 is 0 Å². The number of anilines is 2. The fourth-order valence-electron chi connectivity index (χ4n) is 3.03. The molecule has 0 aromatic heterocycles. The summed E-state index contributed by atoms with van der Waals surface area (Å²) in [6, 6.07) is 3.19. The van der Waals surface area contributed by atoms with E-state index in [1.165, 1.54) is 31.7 Å². The Hall–Kier alpha value is -2.10. The van der Waals surface area contributed by atoms with Crippen LogP contribution in [0.1, 0.15) is 51.4 Å². The summed E-state index contributed by atoms with van der Waals surface area (Å²) >= 11 is 0. The van der Waals surface area contributed by atoms with Crippen molar-refractivity contribution in [1.82, 2.24) is 0 Å². The first kappa shape index (κ1) is 14.8. The van der Waals surface area contributed by atoms with E-state index in [9.17, 15) is 10.2 Å². The molecule has 0 unspecified atom stereocenters. The third-order valence-electron chi connectivity index (χ3n) is 4.29. The van der Waals surface area contributed by atoms with Crippen LogP contribution in [0.5, 0.6) is 11.5 Å². The lowest BCUT2D eigenvalue weighted by Crippen LogP contribution is -2.06. The quantitative estimate of drug-likeness (QED) is 0.475. The zero-order chi connectivity index (χ0) is 15.4. The van der Waals surface area contributed by atoms with Crippen LogP contribution in [-0.4, -0.2) is 10.2 Å². The van der Waals surface area contributed by atoms with Crippen molar-refractivity contribution >= 4 is 11.4 Å². The smallest absolute Gasteiger partial charge is 0.142 e. The molecule has 0 heterocycles. The highest BCUT2D eigenvalue weighted by molar-refractivity contribution is 5.73. The zero-order valence-electron chi connectivity index (χ0n) is 12.9.